The summed E-state index contributed by atoms with van der Waals surface area (Å²) in [7, 11) is 0. The van der Waals surface area contributed by atoms with Crippen LogP contribution in [-0.2, 0) is 9.59 Å². The molecule has 0 unspecified atom stereocenters. The van der Waals surface area contributed by atoms with E-state index < -0.39 is 11.1 Å². The summed E-state index contributed by atoms with van der Waals surface area (Å²) < 4.78 is -0.310. The topological polar surface area (TPSA) is 54.4 Å². The van der Waals surface area contributed by atoms with Crippen LogP contribution in [0.4, 0.5) is 0 Å². The van der Waals surface area contributed by atoms with Crippen LogP contribution in [-0.4, -0.2) is 20.9 Å². The van der Waals surface area contributed by atoms with E-state index in [2.05, 4.69) is 0 Å². The first-order chi connectivity index (χ1) is 4.33. The van der Waals surface area contributed by atoms with Gasteiger partial charge in [-0.3, -0.25) is 4.79 Å². The molecule has 0 saturated heterocycles. The Morgan fingerprint density at radius 2 is 1.70 bits per heavy atom. The van der Waals surface area contributed by atoms with Crippen molar-refractivity contribution in [2.45, 2.75) is 25.5 Å². The summed E-state index contributed by atoms with van der Waals surface area (Å²) in [4.78, 5) is 20.5. The fourth-order valence-electron chi connectivity index (χ4n) is 0.322. The van der Waals surface area contributed by atoms with Crippen LogP contribution in [0.2, 0.25) is 0 Å². The Kier molecular flexibility index (Phi) is 2.90. The number of carboxylic acid groups (broad SMARTS) is 1. The summed E-state index contributed by atoms with van der Waals surface area (Å²) in [6.07, 6.45) is 0. The van der Waals surface area contributed by atoms with Crippen molar-refractivity contribution in [2.75, 3.05) is 0 Å². The van der Waals surface area contributed by atoms with Gasteiger partial charge in [0.1, 0.15) is 0 Å². The van der Waals surface area contributed by atoms with Gasteiger partial charge in [0, 0.05) is 4.75 Å². The fraction of sp³-hybridized carbons (Fsp3) is 0.667. The second-order valence-electron chi connectivity index (χ2n) is 2.81. The van der Waals surface area contributed by atoms with Gasteiger partial charge in [-0.2, -0.15) is 0 Å². The van der Waals surface area contributed by atoms with E-state index in [1.165, 1.54) is 0 Å². The number of carbonyl (C=O) groups is 2. The van der Waals surface area contributed by atoms with Gasteiger partial charge in [0.2, 0.25) is 0 Å². The molecule has 1 N–H and O–H groups in total. The first-order valence-corrected chi connectivity index (χ1v) is 3.61. The normalized spacial score (nSPS) is 11.1. The van der Waals surface area contributed by atoms with Crippen LogP contribution in [0.25, 0.3) is 0 Å². The van der Waals surface area contributed by atoms with Gasteiger partial charge in [-0.15, -0.1) is 0 Å². The van der Waals surface area contributed by atoms with E-state index in [4.69, 9.17) is 5.11 Å². The Morgan fingerprint density at radius 3 is 1.80 bits per heavy atom. The predicted octanol–water partition coefficient (Wildman–Crippen LogP) is 1.13. The van der Waals surface area contributed by atoms with Gasteiger partial charge in [-0.05, 0) is 0 Å². The number of thioether (sulfide) groups is 1. The summed E-state index contributed by atoms with van der Waals surface area (Å²) >= 11 is 0.826. The summed E-state index contributed by atoms with van der Waals surface area (Å²) in [5.41, 5.74) is 0. The van der Waals surface area contributed by atoms with E-state index >= 15 is 0 Å². The molecule has 0 aromatic rings. The second-order valence-corrected chi connectivity index (χ2v) is 4.61. The van der Waals surface area contributed by atoms with Crippen molar-refractivity contribution in [3.05, 3.63) is 0 Å². The Balaban J connectivity index is 3.93. The average molecular weight is 162 g/mol. The largest absolute Gasteiger partial charge is 0.475 e. The number of carbonyl (C=O) groups excluding carboxylic acids is 1. The van der Waals surface area contributed by atoms with Crippen LogP contribution in [0, 0.1) is 0 Å². The molecule has 0 rings (SSSR count). The van der Waals surface area contributed by atoms with Crippen molar-refractivity contribution in [1.82, 2.24) is 0 Å². The minimum absolute atomic E-state index is 0.310. The zero-order valence-corrected chi connectivity index (χ0v) is 6.99. The minimum Gasteiger partial charge on any atom is -0.475 e. The lowest BCUT2D eigenvalue weighted by Gasteiger charge is -2.13. The maximum Gasteiger partial charge on any atom is 0.383 e. The highest BCUT2D eigenvalue weighted by atomic mass is 32.2. The Hall–Kier alpha value is -0.510. The van der Waals surface area contributed by atoms with Crippen molar-refractivity contribution >= 4 is 22.8 Å². The molecular weight excluding hydrogens is 152 g/mol. The summed E-state index contributed by atoms with van der Waals surface area (Å²) in [5, 5.41) is 7.38. The fourth-order valence-corrected chi connectivity index (χ4v) is 0.965. The number of aliphatic carboxylic acids is 1. The molecule has 0 aliphatic rings. The molecule has 0 atom stereocenters. The van der Waals surface area contributed by atoms with E-state index in [1.807, 2.05) is 0 Å². The molecule has 0 aromatic heterocycles. The molecule has 0 saturated carbocycles. The Bertz CT molecular complexity index is 157. The van der Waals surface area contributed by atoms with Gasteiger partial charge in [0.15, 0.2) is 0 Å². The maximum absolute atomic E-state index is 10.5. The van der Waals surface area contributed by atoms with Crippen LogP contribution >= 0.6 is 11.8 Å². The third kappa shape index (κ3) is 4.38. The molecule has 0 aliphatic carbocycles. The molecule has 10 heavy (non-hydrogen) atoms. The highest BCUT2D eigenvalue weighted by molar-refractivity contribution is 8.16. The second kappa shape index (κ2) is 3.05. The third-order valence-electron chi connectivity index (χ3n) is 0.574. The molecule has 58 valence electrons. The highest BCUT2D eigenvalue weighted by Crippen LogP contribution is 2.23. The van der Waals surface area contributed by atoms with Crippen molar-refractivity contribution in [3.8, 4) is 0 Å². The summed E-state index contributed by atoms with van der Waals surface area (Å²) in [6.45, 7) is 5.37. The van der Waals surface area contributed by atoms with Crippen LogP contribution < -0.4 is 0 Å². The third-order valence-corrected chi connectivity index (χ3v) is 1.55. The van der Waals surface area contributed by atoms with Crippen LogP contribution in [0.1, 0.15) is 20.8 Å². The number of carboxylic acids is 1. The maximum atomic E-state index is 10.5. The molecule has 0 spiro atoms. The number of hydrogen-bond acceptors (Lipinski definition) is 3. The summed E-state index contributed by atoms with van der Waals surface area (Å²) in [6, 6.07) is 0. The molecule has 0 bridgehead atoms. The first kappa shape index (κ1) is 9.49. The summed E-state index contributed by atoms with van der Waals surface area (Å²) in [5.74, 6) is -1.38. The SMILES string of the molecule is CC(C)(C)SC(=O)C(=O)O. The van der Waals surface area contributed by atoms with Gasteiger partial charge in [0.05, 0.1) is 0 Å². The number of rotatable bonds is 0. The van der Waals surface area contributed by atoms with Crippen molar-refractivity contribution in [1.29, 1.82) is 0 Å². The van der Waals surface area contributed by atoms with E-state index in [-0.39, 0.29) is 4.75 Å². The molecular formula is C6H10O3S. The standard InChI is InChI=1S/C6H10O3S/c1-6(2,3)10-5(9)4(7)8/h1-3H3,(H,7,8). The molecule has 3 nitrogen and oxygen atoms in total. The molecule has 0 radical (unpaired) electrons. The predicted molar refractivity (Wildman–Crippen MR) is 40.0 cm³/mol. The quantitative estimate of drug-likeness (QED) is 0.542. The van der Waals surface area contributed by atoms with Crippen LogP contribution in [0.5, 0.6) is 0 Å². The zero-order valence-electron chi connectivity index (χ0n) is 6.17. The van der Waals surface area contributed by atoms with Gasteiger partial charge >= 0.3 is 5.97 Å². The van der Waals surface area contributed by atoms with Gasteiger partial charge in [0.25, 0.3) is 5.12 Å². The van der Waals surface area contributed by atoms with Crippen molar-refractivity contribution in [3.63, 3.8) is 0 Å². The van der Waals surface area contributed by atoms with Crippen LogP contribution in [0.3, 0.4) is 0 Å². The van der Waals surface area contributed by atoms with Crippen molar-refractivity contribution in [2.24, 2.45) is 0 Å². The van der Waals surface area contributed by atoms with E-state index in [1.54, 1.807) is 20.8 Å². The van der Waals surface area contributed by atoms with Gasteiger partial charge in [-0.1, -0.05) is 32.5 Å². The monoisotopic (exact) mass is 162 g/mol. The lowest BCUT2D eigenvalue weighted by atomic mass is 10.3. The Labute approximate surface area is 63.8 Å². The van der Waals surface area contributed by atoms with Gasteiger partial charge < -0.3 is 5.11 Å². The Morgan fingerprint density at radius 1 is 1.30 bits per heavy atom. The smallest absolute Gasteiger partial charge is 0.383 e. The van der Waals surface area contributed by atoms with Crippen LogP contribution in [0.15, 0.2) is 0 Å². The average Bonchev–Trinajstić information content (AvgIpc) is 1.60. The van der Waals surface area contributed by atoms with E-state index in [9.17, 15) is 9.59 Å². The molecule has 0 amide bonds. The first-order valence-electron chi connectivity index (χ1n) is 2.79. The van der Waals surface area contributed by atoms with E-state index in [0.717, 1.165) is 11.8 Å². The lowest BCUT2D eigenvalue weighted by Crippen LogP contribution is -2.17. The minimum atomic E-state index is -1.38. The van der Waals surface area contributed by atoms with E-state index in [0.29, 0.717) is 0 Å². The zero-order chi connectivity index (χ0) is 8.36. The molecule has 4 heteroatoms. The molecule has 0 aliphatic heterocycles. The highest BCUT2D eigenvalue weighted by Gasteiger charge is 2.21. The lowest BCUT2D eigenvalue weighted by molar-refractivity contribution is -0.144. The number of hydrogen-bond donors (Lipinski definition) is 1. The van der Waals surface area contributed by atoms with Gasteiger partial charge in [-0.25, -0.2) is 4.79 Å². The molecule has 0 fully saturated rings. The molecule has 0 aromatic carbocycles. The van der Waals surface area contributed by atoms with Crippen molar-refractivity contribution < 1.29 is 14.7 Å². The molecule has 0 heterocycles.